The smallest absolute Gasteiger partial charge is 0.309 e. The van der Waals surface area contributed by atoms with Crippen molar-refractivity contribution in [3.05, 3.63) is 11.6 Å². The molecule has 0 saturated heterocycles. The minimum atomic E-state index is -1.33. The first-order chi connectivity index (χ1) is 11.5. The molecule has 0 unspecified atom stereocenters. The van der Waals surface area contributed by atoms with Crippen LogP contribution in [0.1, 0.15) is 59.8 Å². The molecule has 0 aromatic carbocycles. The molecule has 25 heavy (non-hydrogen) atoms. The number of aliphatic carboxylic acids is 1. The van der Waals surface area contributed by atoms with Gasteiger partial charge in [0.15, 0.2) is 0 Å². The molecule has 0 aromatic rings. The molecule has 0 aliphatic heterocycles. The lowest BCUT2D eigenvalue weighted by Crippen LogP contribution is -2.60. The van der Waals surface area contributed by atoms with E-state index in [1.807, 2.05) is 20.8 Å². The van der Waals surface area contributed by atoms with E-state index >= 15 is 0 Å². The van der Waals surface area contributed by atoms with Crippen molar-refractivity contribution in [2.75, 3.05) is 0 Å². The average Bonchev–Trinajstić information content (AvgIpc) is 2.51. The Hall–Kier alpha value is -0.910. The number of hydrogen-bond donors (Lipinski definition) is 4. The molecular weight excluding hydrogens is 320 g/mol. The zero-order chi connectivity index (χ0) is 18.8. The van der Waals surface area contributed by atoms with Gasteiger partial charge in [0.25, 0.3) is 0 Å². The van der Waals surface area contributed by atoms with Crippen LogP contribution in [0.3, 0.4) is 0 Å². The second-order valence-electron chi connectivity index (χ2n) is 9.38. The molecule has 0 amide bonds. The van der Waals surface area contributed by atoms with E-state index in [0.717, 1.165) is 18.4 Å². The fourth-order valence-electron chi connectivity index (χ4n) is 6.02. The van der Waals surface area contributed by atoms with Crippen LogP contribution >= 0.6 is 0 Å². The summed E-state index contributed by atoms with van der Waals surface area (Å²) in [6.07, 6.45) is 3.17. The molecule has 0 aromatic heterocycles. The lowest BCUT2D eigenvalue weighted by atomic mass is 9.44. The van der Waals surface area contributed by atoms with Crippen molar-refractivity contribution in [1.82, 2.24) is 0 Å². The van der Waals surface area contributed by atoms with E-state index in [4.69, 9.17) is 0 Å². The van der Waals surface area contributed by atoms with Crippen LogP contribution in [-0.2, 0) is 4.79 Å². The third-order valence-corrected chi connectivity index (χ3v) is 7.82. The highest BCUT2D eigenvalue weighted by atomic mass is 16.4. The summed E-state index contributed by atoms with van der Waals surface area (Å²) < 4.78 is 0. The summed E-state index contributed by atoms with van der Waals surface area (Å²) in [7, 11) is 0. The number of fused-ring (bicyclic) bond motifs is 3. The van der Waals surface area contributed by atoms with E-state index < -0.39 is 29.2 Å². The summed E-state index contributed by atoms with van der Waals surface area (Å²) in [5, 5.41) is 42.3. The molecule has 5 heteroatoms. The molecule has 2 fully saturated rings. The zero-order valence-electron chi connectivity index (χ0n) is 15.7. The first-order valence-electron chi connectivity index (χ1n) is 9.51. The third kappa shape index (κ3) is 2.50. The largest absolute Gasteiger partial charge is 0.481 e. The molecule has 4 N–H and O–H groups in total. The zero-order valence-corrected chi connectivity index (χ0v) is 15.7. The second kappa shape index (κ2) is 5.80. The SMILES string of the molecule is CC(C)[C@@]1(O)C=C2[C@H](O)C[C@@H]3[C@](C)(CCC[C@@]3(C)C(=O)O)[C@H]2C[C@@H]1O. The van der Waals surface area contributed by atoms with Crippen molar-refractivity contribution in [2.24, 2.45) is 28.6 Å². The Balaban J connectivity index is 2.08. The number of hydrogen-bond acceptors (Lipinski definition) is 4. The molecule has 3 rings (SSSR count). The van der Waals surface area contributed by atoms with Gasteiger partial charge in [-0.3, -0.25) is 4.79 Å². The Labute approximate surface area is 149 Å². The van der Waals surface area contributed by atoms with Gasteiger partial charge in [-0.25, -0.2) is 0 Å². The third-order valence-electron chi connectivity index (χ3n) is 7.82. The molecule has 0 bridgehead atoms. The van der Waals surface area contributed by atoms with Crippen LogP contribution in [0, 0.1) is 28.6 Å². The van der Waals surface area contributed by atoms with E-state index in [0.29, 0.717) is 19.3 Å². The lowest BCUT2D eigenvalue weighted by molar-refractivity contribution is -0.172. The Morgan fingerprint density at radius 2 is 1.84 bits per heavy atom. The molecule has 2 saturated carbocycles. The number of rotatable bonds is 2. The Morgan fingerprint density at radius 3 is 2.40 bits per heavy atom. The summed E-state index contributed by atoms with van der Waals surface area (Å²) in [6.45, 7) is 7.66. The van der Waals surface area contributed by atoms with Crippen LogP contribution in [-0.4, -0.2) is 44.2 Å². The predicted molar refractivity (Wildman–Crippen MR) is 93.8 cm³/mol. The Morgan fingerprint density at radius 1 is 1.20 bits per heavy atom. The highest BCUT2D eigenvalue weighted by molar-refractivity contribution is 5.75. The quantitative estimate of drug-likeness (QED) is 0.572. The van der Waals surface area contributed by atoms with E-state index in [2.05, 4.69) is 6.92 Å². The number of carbonyl (C=O) groups is 1. The van der Waals surface area contributed by atoms with Gasteiger partial charge in [-0.15, -0.1) is 0 Å². The van der Waals surface area contributed by atoms with Crippen LogP contribution in [0.2, 0.25) is 0 Å². The summed E-state index contributed by atoms with van der Waals surface area (Å²) in [4.78, 5) is 12.0. The minimum Gasteiger partial charge on any atom is -0.481 e. The summed E-state index contributed by atoms with van der Waals surface area (Å²) in [5.74, 6) is -1.18. The van der Waals surface area contributed by atoms with Gasteiger partial charge >= 0.3 is 5.97 Å². The van der Waals surface area contributed by atoms with E-state index in [-0.39, 0.29) is 23.2 Å². The van der Waals surface area contributed by atoms with E-state index in [9.17, 15) is 25.2 Å². The molecule has 0 spiro atoms. The fraction of sp³-hybridized carbons (Fsp3) is 0.850. The average molecular weight is 352 g/mol. The van der Waals surface area contributed by atoms with E-state index in [1.54, 1.807) is 6.08 Å². The molecule has 5 nitrogen and oxygen atoms in total. The van der Waals surface area contributed by atoms with Gasteiger partial charge < -0.3 is 20.4 Å². The molecule has 7 atom stereocenters. The molecule has 0 heterocycles. The van der Waals surface area contributed by atoms with Gasteiger partial charge in [-0.1, -0.05) is 27.2 Å². The molecule has 0 radical (unpaired) electrons. The van der Waals surface area contributed by atoms with Gasteiger partial charge in [-0.2, -0.15) is 0 Å². The van der Waals surface area contributed by atoms with Crippen molar-refractivity contribution in [1.29, 1.82) is 0 Å². The van der Waals surface area contributed by atoms with Gasteiger partial charge in [0, 0.05) is 0 Å². The summed E-state index contributed by atoms with van der Waals surface area (Å²) >= 11 is 0. The maximum atomic E-state index is 12.0. The number of aliphatic hydroxyl groups excluding tert-OH is 2. The van der Waals surface area contributed by atoms with Crippen LogP contribution in [0.15, 0.2) is 11.6 Å². The minimum absolute atomic E-state index is 0.0887. The normalized spacial score (nSPS) is 50.0. The van der Waals surface area contributed by atoms with Crippen LogP contribution in [0.25, 0.3) is 0 Å². The van der Waals surface area contributed by atoms with Crippen LogP contribution in [0.4, 0.5) is 0 Å². The number of carboxylic acid groups (broad SMARTS) is 1. The van der Waals surface area contributed by atoms with Gasteiger partial charge in [-0.05, 0) is 67.4 Å². The summed E-state index contributed by atoms with van der Waals surface area (Å²) in [5.41, 5.74) is -1.66. The van der Waals surface area contributed by atoms with Crippen LogP contribution < -0.4 is 0 Å². The molecule has 3 aliphatic carbocycles. The lowest BCUT2D eigenvalue weighted by Gasteiger charge is -2.60. The van der Waals surface area contributed by atoms with Crippen molar-refractivity contribution >= 4 is 5.97 Å². The fourth-order valence-corrected chi connectivity index (χ4v) is 6.02. The first kappa shape index (κ1) is 18.9. The number of aliphatic hydroxyl groups is 3. The second-order valence-corrected chi connectivity index (χ2v) is 9.38. The number of carboxylic acids is 1. The van der Waals surface area contributed by atoms with Crippen molar-refractivity contribution in [3.63, 3.8) is 0 Å². The van der Waals surface area contributed by atoms with Gasteiger partial charge in [0.05, 0.1) is 17.6 Å². The monoisotopic (exact) mass is 352 g/mol. The van der Waals surface area contributed by atoms with Crippen molar-refractivity contribution < 1.29 is 25.2 Å². The summed E-state index contributed by atoms with van der Waals surface area (Å²) in [6, 6.07) is 0. The maximum Gasteiger partial charge on any atom is 0.309 e. The Bertz CT molecular complexity index is 599. The van der Waals surface area contributed by atoms with Gasteiger partial charge in [0.2, 0.25) is 0 Å². The standard InChI is InChI=1S/C20H32O5/c1-11(2)20(25)10-12-13(8-16(20)22)18(3)6-5-7-19(4,17(23)24)15(18)9-14(12)21/h10-11,13-16,21-22,25H,5-9H2,1-4H3,(H,23,24)/t13-,14+,15+,16-,18+,19+,20-/m0/s1. The first-order valence-corrected chi connectivity index (χ1v) is 9.51. The molecule has 142 valence electrons. The highest BCUT2D eigenvalue weighted by Crippen LogP contribution is 2.63. The molecule has 3 aliphatic rings. The van der Waals surface area contributed by atoms with Crippen LogP contribution in [0.5, 0.6) is 0 Å². The maximum absolute atomic E-state index is 12.0. The predicted octanol–water partition coefficient (Wildman–Crippen LogP) is 2.34. The van der Waals surface area contributed by atoms with Crippen molar-refractivity contribution in [3.8, 4) is 0 Å². The molecular formula is C20H32O5. The Kier molecular flexibility index (Phi) is 4.37. The van der Waals surface area contributed by atoms with E-state index in [1.165, 1.54) is 0 Å². The van der Waals surface area contributed by atoms with Crippen molar-refractivity contribution in [2.45, 2.75) is 77.6 Å². The topological polar surface area (TPSA) is 98.0 Å². The van der Waals surface area contributed by atoms with Gasteiger partial charge in [0.1, 0.15) is 5.60 Å². The highest BCUT2D eigenvalue weighted by Gasteiger charge is 2.61.